The van der Waals surface area contributed by atoms with E-state index in [-0.39, 0.29) is 25.3 Å². The summed E-state index contributed by atoms with van der Waals surface area (Å²) >= 11 is 0. The number of rotatable bonds is 8. The molecule has 0 aromatic carbocycles. The van der Waals surface area contributed by atoms with Crippen molar-refractivity contribution in [1.82, 2.24) is 0 Å². The Kier molecular flexibility index (Phi) is 10.4. The first-order valence-corrected chi connectivity index (χ1v) is 6.32. The molecule has 0 heterocycles. The van der Waals surface area contributed by atoms with E-state index in [2.05, 4.69) is 0 Å². The first kappa shape index (κ1) is 20.5. The number of halogens is 5. The smallest absolute Gasteiger partial charge is 0.748 e. The van der Waals surface area contributed by atoms with E-state index in [1.165, 1.54) is 0 Å². The molecule has 0 saturated carbocycles. The first-order chi connectivity index (χ1) is 7.69. The fraction of sp³-hybridized carbons (Fsp3) is 1.00. The fourth-order valence-electron chi connectivity index (χ4n) is 1.12. The summed E-state index contributed by atoms with van der Waals surface area (Å²) in [4.78, 5) is 0. The summed E-state index contributed by atoms with van der Waals surface area (Å²) in [6, 6.07) is 0. The number of hydrogen-bond donors (Lipinski definition) is 0. The molecule has 0 radical (unpaired) electrons. The van der Waals surface area contributed by atoms with Gasteiger partial charge in [0.15, 0.2) is 12.3 Å². The van der Waals surface area contributed by atoms with Gasteiger partial charge in [0.25, 0.3) is 0 Å². The molecule has 3 nitrogen and oxygen atoms in total. The molecule has 104 valence electrons. The Balaban J connectivity index is 0. The molecule has 0 spiro atoms. The SMILES string of the molecule is O=S(=O)([O-])CC(F)C(F)C(F)C(F)CCCF.[Li+]. The van der Waals surface area contributed by atoms with E-state index in [9.17, 15) is 34.9 Å². The summed E-state index contributed by atoms with van der Waals surface area (Å²) < 4.78 is 93.4. The van der Waals surface area contributed by atoms with Crippen LogP contribution in [0.15, 0.2) is 0 Å². The zero-order valence-electron chi connectivity index (χ0n) is 9.66. The van der Waals surface area contributed by atoms with Gasteiger partial charge in [-0.25, -0.2) is 26.0 Å². The summed E-state index contributed by atoms with van der Waals surface area (Å²) in [5.41, 5.74) is 0. The molecule has 0 amide bonds. The average Bonchev–Trinajstić information content (AvgIpc) is 2.21. The van der Waals surface area contributed by atoms with Gasteiger partial charge in [0.05, 0.1) is 22.5 Å². The summed E-state index contributed by atoms with van der Waals surface area (Å²) in [6.07, 6.45) is -12.4. The molecular formula is C8H12F5LiO3S. The van der Waals surface area contributed by atoms with Crippen LogP contribution >= 0.6 is 0 Å². The van der Waals surface area contributed by atoms with Gasteiger partial charge >= 0.3 is 18.9 Å². The molecule has 0 bridgehead atoms. The minimum Gasteiger partial charge on any atom is -0.748 e. The number of hydrogen-bond acceptors (Lipinski definition) is 3. The maximum atomic E-state index is 12.9. The normalized spacial score (nSPS) is 18.6. The summed E-state index contributed by atoms with van der Waals surface area (Å²) in [6.45, 7) is -0.932. The minimum absolute atomic E-state index is 0. The topological polar surface area (TPSA) is 57.2 Å². The Morgan fingerprint density at radius 1 is 1.00 bits per heavy atom. The van der Waals surface area contributed by atoms with Crippen molar-refractivity contribution >= 4 is 10.1 Å². The molecule has 0 rings (SSSR count). The van der Waals surface area contributed by atoms with Crippen molar-refractivity contribution < 1.29 is 53.8 Å². The third-order valence-electron chi connectivity index (χ3n) is 1.97. The van der Waals surface area contributed by atoms with E-state index in [0.717, 1.165) is 0 Å². The fourth-order valence-corrected chi connectivity index (χ4v) is 1.69. The monoisotopic (exact) mass is 290 g/mol. The van der Waals surface area contributed by atoms with Gasteiger partial charge in [-0.05, 0) is 12.8 Å². The minimum atomic E-state index is -5.06. The van der Waals surface area contributed by atoms with Crippen molar-refractivity contribution in [3.05, 3.63) is 0 Å². The summed E-state index contributed by atoms with van der Waals surface area (Å²) in [7, 11) is -5.06. The van der Waals surface area contributed by atoms with Gasteiger partial charge in [0, 0.05) is 0 Å². The van der Waals surface area contributed by atoms with Crippen molar-refractivity contribution in [2.24, 2.45) is 0 Å². The molecule has 0 saturated heterocycles. The molecule has 10 heteroatoms. The Morgan fingerprint density at radius 2 is 1.44 bits per heavy atom. The molecule has 0 aliphatic rings. The van der Waals surface area contributed by atoms with Crippen molar-refractivity contribution in [2.75, 3.05) is 12.4 Å². The molecule has 0 fully saturated rings. The van der Waals surface area contributed by atoms with Gasteiger partial charge < -0.3 is 4.55 Å². The van der Waals surface area contributed by atoms with Crippen LogP contribution in [0.3, 0.4) is 0 Å². The van der Waals surface area contributed by atoms with Crippen LogP contribution in [-0.2, 0) is 10.1 Å². The Bertz CT molecular complexity index is 316. The van der Waals surface area contributed by atoms with Crippen LogP contribution in [0.25, 0.3) is 0 Å². The summed E-state index contributed by atoms with van der Waals surface area (Å²) in [5, 5.41) is 0. The Hall–Kier alpha value is 0.157. The summed E-state index contributed by atoms with van der Waals surface area (Å²) in [5.74, 6) is -1.76. The number of alkyl halides is 5. The van der Waals surface area contributed by atoms with E-state index in [1.807, 2.05) is 0 Å². The van der Waals surface area contributed by atoms with E-state index in [4.69, 9.17) is 0 Å². The van der Waals surface area contributed by atoms with E-state index < -0.39 is 53.7 Å². The second-order valence-corrected chi connectivity index (χ2v) is 4.93. The third-order valence-corrected chi connectivity index (χ3v) is 2.70. The molecule has 4 unspecified atom stereocenters. The molecule has 0 aromatic heterocycles. The van der Waals surface area contributed by atoms with Gasteiger partial charge in [-0.2, -0.15) is 0 Å². The van der Waals surface area contributed by atoms with E-state index in [1.54, 1.807) is 0 Å². The van der Waals surface area contributed by atoms with Gasteiger partial charge in [-0.15, -0.1) is 0 Å². The van der Waals surface area contributed by atoms with Crippen molar-refractivity contribution in [2.45, 2.75) is 37.5 Å². The van der Waals surface area contributed by atoms with Crippen molar-refractivity contribution in [1.29, 1.82) is 0 Å². The average molecular weight is 290 g/mol. The standard InChI is InChI=1S/C8H13F5O3S.Li/c9-3-1-2-5(10)7(12)8(13)6(11)4-17(14,15)16;/h5-8H,1-4H2,(H,14,15,16);/q;+1/p-1. The van der Waals surface area contributed by atoms with Crippen molar-refractivity contribution in [3.8, 4) is 0 Å². The maximum Gasteiger partial charge on any atom is 1.00 e. The molecular weight excluding hydrogens is 278 g/mol. The van der Waals surface area contributed by atoms with Crippen LogP contribution in [0.2, 0.25) is 0 Å². The molecule has 0 aliphatic heterocycles. The van der Waals surface area contributed by atoms with Crippen molar-refractivity contribution in [3.63, 3.8) is 0 Å². The quantitative estimate of drug-likeness (QED) is 0.315. The molecule has 0 aliphatic carbocycles. The third kappa shape index (κ3) is 8.29. The molecule has 4 atom stereocenters. The van der Waals surface area contributed by atoms with Crippen LogP contribution in [-0.4, -0.2) is 50.1 Å². The van der Waals surface area contributed by atoms with E-state index >= 15 is 0 Å². The molecule has 18 heavy (non-hydrogen) atoms. The zero-order chi connectivity index (χ0) is 13.6. The van der Waals surface area contributed by atoms with Crippen LogP contribution in [0, 0.1) is 0 Å². The zero-order valence-corrected chi connectivity index (χ0v) is 10.5. The van der Waals surface area contributed by atoms with Gasteiger partial charge in [0.2, 0.25) is 0 Å². The van der Waals surface area contributed by atoms with Gasteiger partial charge in [-0.3, -0.25) is 4.39 Å². The predicted molar refractivity (Wildman–Crippen MR) is 49.4 cm³/mol. The molecule has 0 aromatic rings. The van der Waals surface area contributed by atoms with Gasteiger partial charge in [0.1, 0.15) is 12.3 Å². The maximum absolute atomic E-state index is 12.9. The second kappa shape index (κ2) is 9.12. The van der Waals surface area contributed by atoms with E-state index in [0.29, 0.717) is 0 Å². The van der Waals surface area contributed by atoms with Crippen LogP contribution in [0.5, 0.6) is 0 Å². The van der Waals surface area contributed by atoms with Crippen LogP contribution in [0.4, 0.5) is 22.0 Å². The Labute approximate surface area is 114 Å². The predicted octanol–water partition coefficient (Wildman–Crippen LogP) is -1.36. The van der Waals surface area contributed by atoms with Crippen LogP contribution < -0.4 is 18.9 Å². The largest absolute Gasteiger partial charge is 1.00 e. The first-order valence-electron chi connectivity index (χ1n) is 4.75. The Morgan fingerprint density at radius 3 is 1.83 bits per heavy atom. The molecule has 0 N–H and O–H groups in total. The second-order valence-electron chi connectivity index (χ2n) is 3.48. The van der Waals surface area contributed by atoms with Crippen LogP contribution in [0.1, 0.15) is 12.8 Å². The van der Waals surface area contributed by atoms with Gasteiger partial charge in [-0.1, -0.05) is 0 Å².